The Labute approximate surface area is 103 Å². The molecule has 0 amide bonds. The molecular formula is C11H15BrN2O2. The van der Waals surface area contributed by atoms with Crippen LogP contribution >= 0.6 is 15.9 Å². The van der Waals surface area contributed by atoms with Crippen LogP contribution in [0.15, 0.2) is 4.60 Å². The number of carbonyl (C=O) groups is 1. The topological polar surface area (TPSA) is 55.1 Å². The Hall–Kier alpha value is -0.840. The molecule has 0 atom stereocenters. The van der Waals surface area contributed by atoms with Crippen LogP contribution in [-0.4, -0.2) is 20.9 Å². The minimum absolute atomic E-state index is 0.196. The van der Waals surface area contributed by atoms with Gasteiger partial charge in [-0.15, -0.1) is 0 Å². The number of carboxylic acid groups (broad SMARTS) is 1. The summed E-state index contributed by atoms with van der Waals surface area (Å²) in [6.07, 6.45) is 5.31. The Morgan fingerprint density at radius 2 is 2.19 bits per heavy atom. The molecule has 1 fully saturated rings. The minimum atomic E-state index is -0.936. The molecule has 88 valence electrons. The predicted octanol–water partition coefficient (Wildman–Crippen LogP) is 3.02. The van der Waals surface area contributed by atoms with Crippen LogP contribution in [0.3, 0.4) is 0 Å². The fraction of sp³-hybridized carbons (Fsp3) is 0.636. The summed E-state index contributed by atoms with van der Waals surface area (Å²) in [5.74, 6) is -0.936. The fourth-order valence-corrected chi connectivity index (χ4v) is 3.16. The Balaban J connectivity index is 2.42. The third kappa shape index (κ3) is 1.88. The van der Waals surface area contributed by atoms with Gasteiger partial charge in [0, 0.05) is 5.56 Å². The molecule has 1 aromatic heterocycles. The van der Waals surface area contributed by atoms with Crippen LogP contribution in [-0.2, 0) is 6.42 Å². The number of carboxylic acids is 1. The van der Waals surface area contributed by atoms with Crippen LogP contribution < -0.4 is 0 Å². The van der Waals surface area contributed by atoms with Gasteiger partial charge in [0.25, 0.3) is 0 Å². The van der Waals surface area contributed by atoms with Gasteiger partial charge in [0.2, 0.25) is 0 Å². The molecule has 0 saturated heterocycles. The standard InChI is InChI=1S/C11H15BrN2O2/c1-2-8-9(11(15)16)13-14(10(8)12)7-5-3-4-6-7/h7H,2-6H2,1H3,(H,15,16). The zero-order valence-electron chi connectivity index (χ0n) is 9.24. The van der Waals surface area contributed by atoms with Crippen molar-refractivity contribution in [1.82, 2.24) is 9.78 Å². The number of hydrogen-bond donors (Lipinski definition) is 1. The molecule has 4 nitrogen and oxygen atoms in total. The lowest BCUT2D eigenvalue weighted by molar-refractivity contribution is 0.0688. The van der Waals surface area contributed by atoms with Crippen molar-refractivity contribution in [3.05, 3.63) is 15.9 Å². The van der Waals surface area contributed by atoms with E-state index >= 15 is 0 Å². The normalized spacial score (nSPS) is 16.9. The lowest BCUT2D eigenvalue weighted by Gasteiger charge is -2.10. The number of halogens is 1. The van der Waals surface area contributed by atoms with Gasteiger partial charge in [-0.2, -0.15) is 5.10 Å². The number of rotatable bonds is 3. The van der Waals surface area contributed by atoms with Crippen molar-refractivity contribution < 1.29 is 9.90 Å². The highest BCUT2D eigenvalue weighted by atomic mass is 79.9. The van der Waals surface area contributed by atoms with Gasteiger partial charge in [-0.25, -0.2) is 4.79 Å². The van der Waals surface area contributed by atoms with E-state index < -0.39 is 5.97 Å². The molecule has 0 aliphatic heterocycles. The highest BCUT2D eigenvalue weighted by Gasteiger charge is 2.25. The molecule has 0 aromatic carbocycles. The number of aromatic nitrogens is 2. The van der Waals surface area contributed by atoms with Crippen molar-refractivity contribution in [2.75, 3.05) is 0 Å². The number of nitrogens with zero attached hydrogens (tertiary/aromatic N) is 2. The maximum atomic E-state index is 11.1. The molecule has 1 aromatic rings. The van der Waals surface area contributed by atoms with Crippen LogP contribution in [0, 0.1) is 0 Å². The van der Waals surface area contributed by atoms with Gasteiger partial charge in [0.05, 0.1) is 6.04 Å². The third-order valence-corrected chi connectivity index (χ3v) is 4.01. The summed E-state index contributed by atoms with van der Waals surface area (Å²) < 4.78 is 2.70. The summed E-state index contributed by atoms with van der Waals surface area (Å²) in [7, 11) is 0. The van der Waals surface area contributed by atoms with Gasteiger partial charge in [-0.05, 0) is 35.2 Å². The maximum absolute atomic E-state index is 11.1. The smallest absolute Gasteiger partial charge is 0.356 e. The Morgan fingerprint density at radius 3 is 2.62 bits per heavy atom. The van der Waals surface area contributed by atoms with Gasteiger partial charge in [0.15, 0.2) is 5.69 Å². The highest BCUT2D eigenvalue weighted by Crippen LogP contribution is 2.34. The highest BCUT2D eigenvalue weighted by molar-refractivity contribution is 9.10. The molecule has 1 saturated carbocycles. The quantitative estimate of drug-likeness (QED) is 0.929. The van der Waals surface area contributed by atoms with Crippen LogP contribution in [0.4, 0.5) is 0 Å². The molecule has 16 heavy (non-hydrogen) atoms. The number of hydrogen-bond acceptors (Lipinski definition) is 2. The Kier molecular flexibility index (Phi) is 3.33. The first-order chi connectivity index (χ1) is 7.65. The predicted molar refractivity (Wildman–Crippen MR) is 63.8 cm³/mol. The van der Waals surface area contributed by atoms with E-state index in [0.717, 1.165) is 23.0 Å². The molecule has 5 heteroatoms. The second-order valence-electron chi connectivity index (χ2n) is 4.16. The summed E-state index contributed by atoms with van der Waals surface area (Å²) in [4.78, 5) is 11.1. The fourth-order valence-electron chi connectivity index (χ4n) is 2.32. The first kappa shape index (κ1) is 11.6. The van der Waals surface area contributed by atoms with E-state index in [2.05, 4.69) is 21.0 Å². The summed E-state index contributed by atoms with van der Waals surface area (Å²) >= 11 is 3.48. The molecule has 1 aliphatic carbocycles. The zero-order chi connectivity index (χ0) is 11.7. The molecule has 0 bridgehead atoms. The van der Waals surface area contributed by atoms with Gasteiger partial charge < -0.3 is 5.11 Å². The third-order valence-electron chi connectivity index (χ3n) is 3.17. The van der Waals surface area contributed by atoms with E-state index in [-0.39, 0.29) is 5.69 Å². The SMILES string of the molecule is CCc1c(C(=O)O)nn(C2CCCC2)c1Br. The molecular weight excluding hydrogens is 272 g/mol. The van der Waals surface area contributed by atoms with E-state index in [1.54, 1.807) is 0 Å². The van der Waals surface area contributed by atoms with E-state index in [9.17, 15) is 4.79 Å². The van der Waals surface area contributed by atoms with Crippen molar-refractivity contribution in [3.63, 3.8) is 0 Å². The van der Waals surface area contributed by atoms with E-state index in [1.165, 1.54) is 12.8 Å². The van der Waals surface area contributed by atoms with Crippen molar-refractivity contribution in [3.8, 4) is 0 Å². The van der Waals surface area contributed by atoms with Crippen molar-refractivity contribution in [1.29, 1.82) is 0 Å². The summed E-state index contributed by atoms with van der Waals surface area (Å²) in [6.45, 7) is 1.95. The second kappa shape index (κ2) is 4.57. The van der Waals surface area contributed by atoms with Crippen molar-refractivity contribution >= 4 is 21.9 Å². The average Bonchev–Trinajstić information content (AvgIpc) is 2.84. The maximum Gasteiger partial charge on any atom is 0.356 e. The Morgan fingerprint density at radius 1 is 1.56 bits per heavy atom. The van der Waals surface area contributed by atoms with Crippen molar-refractivity contribution in [2.24, 2.45) is 0 Å². The summed E-state index contributed by atoms with van der Waals surface area (Å²) in [5, 5.41) is 13.3. The minimum Gasteiger partial charge on any atom is -0.476 e. The molecule has 2 rings (SSSR count). The van der Waals surface area contributed by atoms with Crippen LogP contribution in [0.5, 0.6) is 0 Å². The number of aromatic carboxylic acids is 1. The molecule has 1 N–H and O–H groups in total. The van der Waals surface area contributed by atoms with Crippen LogP contribution in [0.2, 0.25) is 0 Å². The second-order valence-corrected chi connectivity index (χ2v) is 4.91. The molecule has 0 radical (unpaired) electrons. The van der Waals surface area contributed by atoms with Gasteiger partial charge in [0.1, 0.15) is 4.60 Å². The lowest BCUT2D eigenvalue weighted by Crippen LogP contribution is -2.08. The first-order valence-corrected chi connectivity index (χ1v) is 6.44. The van der Waals surface area contributed by atoms with Gasteiger partial charge in [-0.1, -0.05) is 19.8 Å². The van der Waals surface area contributed by atoms with Gasteiger partial charge in [-0.3, -0.25) is 4.68 Å². The zero-order valence-corrected chi connectivity index (χ0v) is 10.8. The van der Waals surface area contributed by atoms with Crippen molar-refractivity contribution in [2.45, 2.75) is 45.1 Å². The van der Waals surface area contributed by atoms with Crippen LogP contribution in [0.1, 0.15) is 54.7 Å². The molecule has 0 unspecified atom stereocenters. The molecule has 0 spiro atoms. The summed E-state index contributed by atoms with van der Waals surface area (Å²) in [6, 6.07) is 0.368. The lowest BCUT2D eigenvalue weighted by atomic mass is 10.2. The van der Waals surface area contributed by atoms with Gasteiger partial charge >= 0.3 is 5.97 Å². The molecule has 1 aliphatic rings. The van der Waals surface area contributed by atoms with E-state index in [1.807, 2.05) is 11.6 Å². The average molecular weight is 287 g/mol. The summed E-state index contributed by atoms with van der Waals surface area (Å²) in [5.41, 5.74) is 1.00. The molecule has 1 heterocycles. The monoisotopic (exact) mass is 286 g/mol. The van der Waals surface area contributed by atoms with E-state index in [0.29, 0.717) is 12.5 Å². The Bertz CT molecular complexity index is 408. The first-order valence-electron chi connectivity index (χ1n) is 5.65. The van der Waals surface area contributed by atoms with E-state index in [4.69, 9.17) is 5.11 Å². The largest absolute Gasteiger partial charge is 0.476 e. The van der Waals surface area contributed by atoms with Crippen LogP contribution in [0.25, 0.3) is 0 Å².